The van der Waals surface area contributed by atoms with Gasteiger partial charge in [0.2, 0.25) is 0 Å². The Morgan fingerprint density at radius 2 is 1.85 bits per heavy atom. The van der Waals surface area contributed by atoms with Crippen LogP contribution in [0.15, 0.2) is 48.9 Å². The predicted octanol–water partition coefficient (Wildman–Crippen LogP) is 6.27. The number of rotatable bonds is 8. The topological polar surface area (TPSA) is 78.6 Å². The number of para-hydroxylation sites is 1. The summed E-state index contributed by atoms with van der Waals surface area (Å²) in [5.74, 6) is 0.674. The monoisotopic (exact) mass is 538 g/mol. The van der Waals surface area contributed by atoms with Crippen molar-refractivity contribution >= 4 is 11.6 Å². The molecule has 4 aromatic rings. The highest BCUT2D eigenvalue weighted by atomic mass is 19.3. The molecule has 1 fully saturated rings. The second-order valence-corrected chi connectivity index (χ2v) is 9.90. The second kappa shape index (κ2) is 11.4. The van der Waals surface area contributed by atoms with E-state index in [0.717, 1.165) is 31.4 Å². The number of alkyl halides is 2. The molecule has 1 aliphatic carbocycles. The van der Waals surface area contributed by atoms with Gasteiger partial charge in [0, 0.05) is 65.8 Å². The fourth-order valence-electron chi connectivity index (χ4n) is 5.33. The molecule has 0 atom stereocenters. The van der Waals surface area contributed by atoms with E-state index in [0.29, 0.717) is 46.2 Å². The van der Waals surface area contributed by atoms with Crippen molar-refractivity contribution in [1.82, 2.24) is 19.4 Å². The molecule has 39 heavy (non-hydrogen) atoms. The normalized spacial score (nSPS) is 17.5. The number of aryl methyl sites for hydroxylation is 1. The van der Waals surface area contributed by atoms with E-state index in [9.17, 15) is 13.6 Å². The van der Waals surface area contributed by atoms with Gasteiger partial charge in [-0.1, -0.05) is 18.2 Å². The zero-order chi connectivity index (χ0) is 27.5. The number of esters is 1. The predicted molar refractivity (Wildman–Crippen MR) is 138 cm³/mol. The number of hydrogen-bond donors (Lipinski definition) is 0. The van der Waals surface area contributed by atoms with E-state index in [1.54, 1.807) is 48.1 Å². The highest BCUT2D eigenvalue weighted by Gasteiger charge is 2.26. The van der Waals surface area contributed by atoms with Crippen LogP contribution in [-0.2, 0) is 16.0 Å². The Labute approximate surface area is 224 Å². The number of imidazole rings is 1. The number of ether oxygens (including phenoxy) is 2. The molecule has 3 aromatic heterocycles. The van der Waals surface area contributed by atoms with Gasteiger partial charge < -0.3 is 13.9 Å². The smallest absolute Gasteiger partial charge is 0.387 e. The van der Waals surface area contributed by atoms with E-state index < -0.39 is 12.4 Å². The summed E-state index contributed by atoms with van der Waals surface area (Å²) in [4.78, 5) is 25.1. The molecule has 5 rings (SSSR count). The molecular weight excluding hydrogens is 509 g/mol. The summed E-state index contributed by atoms with van der Waals surface area (Å²) in [5.41, 5.74) is 3.22. The van der Waals surface area contributed by atoms with Crippen LogP contribution in [0, 0.1) is 18.7 Å². The number of methoxy groups -OCH3 is 1. The van der Waals surface area contributed by atoms with Gasteiger partial charge in [-0.25, -0.2) is 19.3 Å². The number of fused-ring (bicyclic) bond motifs is 1. The summed E-state index contributed by atoms with van der Waals surface area (Å²) in [5, 5.41) is 0. The van der Waals surface area contributed by atoms with E-state index in [1.807, 2.05) is 0 Å². The molecule has 0 N–H and O–H groups in total. The molecule has 0 amide bonds. The van der Waals surface area contributed by atoms with Crippen molar-refractivity contribution in [3.63, 3.8) is 0 Å². The second-order valence-electron chi connectivity index (χ2n) is 9.90. The molecule has 1 aromatic carbocycles. The van der Waals surface area contributed by atoms with Gasteiger partial charge in [0.05, 0.1) is 12.8 Å². The number of benzene rings is 1. The van der Waals surface area contributed by atoms with Crippen LogP contribution in [-0.4, -0.2) is 39.0 Å². The van der Waals surface area contributed by atoms with Crippen LogP contribution in [0.4, 0.5) is 13.2 Å². The van der Waals surface area contributed by atoms with Gasteiger partial charge in [0.25, 0.3) is 0 Å². The van der Waals surface area contributed by atoms with Crippen LogP contribution >= 0.6 is 0 Å². The fraction of sp³-hybridized carbons (Fsp3) is 0.379. The van der Waals surface area contributed by atoms with Crippen molar-refractivity contribution in [3.8, 4) is 16.9 Å². The van der Waals surface area contributed by atoms with Crippen molar-refractivity contribution in [2.45, 2.75) is 58.0 Å². The summed E-state index contributed by atoms with van der Waals surface area (Å²) in [6.45, 7) is -1.14. The number of nitrogens with zero attached hydrogens (tertiary/aromatic N) is 4. The minimum Gasteiger partial charge on any atom is -0.469 e. The van der Waals surface area contributed by atoms with Gasteiger partial charge in [0.15, 0.2) is 0 Å². The third-order valence-electron chi connectivity index (χ3n) is 7.43. The number of carbonyl (C=O) groups is 1. The lowest BCUT2D eigenvalue weighted by molar-refractivity contribution is -0.142. The van der Waals surface area contributed by atoms with Crippen LogP contribution in [0.5, 0.6) is 5.75 Å². The van der Waals surface area contributed by atoms with Gasteiger partial charge in [-0.2, -0.15) is 8.78 Å². The Bertz CT molecular complexity index is 1460. The van der Waals surface area contributed by atoms with Crippen LogP contribution in [0.3, 0.4) is 0 Å². The van der Waals surface area contributed by atoms with Gasteiger partial charge >= 0.3 is 12.6 Å². The molecule has 0 saturated heterocycles. The highest BCUT2D eigenvalue weighted by Crippen LogP contribution is 2.36. The summed E-state index contributed by atoms with van der Waals surface area (Å²) < 4.78 is 52.2. The zero-order valence-corrected chi connectivity index (χ0v) is 21.7. The van der Waals surface area contributed by atoms with Crippen molar-refractivity contribution in [2.75, 3.05) is 7.11 Å². The van der Waals surface area contributed by atoms with Crippen LogP contribution < -0.4 is 4.74 Å². The van der Waals surface area contributed by atoms with Crippen molar-refractivity contribution in [3.05, 3.63) is 77.5 Å². The molecule has 0 radical (unpaired) electrons. The van der Waals surface area contributed by atoms with E-state index in [4.69, 9.17) is 4.74 Å². The standard InChI is InChI=1S/C29H29F3N4O3/c1-17-24(12-20-5-3-4-6-25(20)39-29(31)32)36-16-22(23(30)13-26(36)35-17)21-14-33-28(34-15-21)19-9-7-18(8-10-19)11-27(37)38-2/h3-6,13-16,18-19,29H,7-12H2,1-2H3. The maximum Gasteiger partial charge on any atom is 0.387 e. The van der Waals surface area contributed by atoms with Gasteiger partial charge in [-0.15, -0.1) is 0 Å². The number of aromatic nitrogens is 4. The maximum absolute atomic E-state index is 15.2. The molecule has 7 nitrogen and oxygen atoms in total. The van der Waals surface area contributed by atoms with E-state index in [2.05, 4.69) is 19.7 Å². The molecule has 3 heterocycles. The Morgan fingerprint density at radius 1 is 1.13 bits per heavy atom. The lowest BCUT2D eigenvalue weighted by atomic mass is 9.80. The van der Waals surface area contributed by atoms with Crippen LogP contribution in [0.25, 0.3) is 16.8 Å². The number of halogens is 3. The first-order chi connectivity index (χ1) is 18.8. The SMILES string of the molecule is COC(=O)CC1CCC(c2ncc(-c3cn4c(Cc5ccccc5OC(F)F)c(C)nc4cc3F)cn2)CC1. The van der Waals surface area contributed by atoms with Crippen molar-refractivity contribution in [2.24, 2.45) is 5.92 Å². The van der Waals surface area contributed by atoms with E-state index >= 15 is 4.39 Å². The Balaban J connectivity index is 1.38. The molecule has 10 heteroatoms. The first-order valence-corrected chi connectivity index (χ1v) is 12.9. The average Bonchev–Trinajstić information content (AvgIpc) is 3.22. The quantitative estimate of drug-likeness (QED) is 0.246. The van der Waals surface area contributed by atoms with Crippen molar-refractivity contribution < 1.29 is 27.4 Å². The molecule has 1 aliphatic rings. The summed E-state index contributed by atoms with van der Waals surface area (Å²) in [6.07, 6.45) is 9.19. The molecule has 0 unspecified atom stereocenters. The number of pyridine rings is 1. The summed E-state index contributed by atoms with van der Waals surface area (Å²) in [7, 11) is 1.41. The third-order valence-corrected chi connectivity index (χ3v) is 7.43. The van der Waals surface area contributed by atoms with Crippen LogP contribution in [0.1, 0.15) is 60.8 Å². The average molecular weight is 539 g/mol. The number of carbonyl (C=O) groups excluding carboxylic acids is 1. The van der Waals surface area contributed by atoms with E-state index in [-0.39, 0.29) is 24.1 Å². The van der Waals surface area contributed by atoms with E-state index in [1.165, 1.54) is 19.2 Å². The minimum absolute atomic E-state index is 0.0903. The molecule has 0 bridgehead atoms. The third kappa shape index (κ3) is 5.89. The first-order valence-electron chi connectivity index (χ1n) is 12.9. The Hall–Kier alpha value is -3.95. The van der Waals surface area contributed by atoms with Crippen LogP contribution in [0.2, 0.25) is 0 Å². The highest BCUT2D eigenvalue weighted by molar-refractivity contribution is 5.69. The Morgan fingerprint density at radius 3 is 2.54 bits per heavy atom. The van der Waals surface area contributed by atoms with Gasteiger partial charge in [-0.05, 0) is 44.6 Å². The first kappa shape index (κ1) is 26.6. The van der Waals surface area contributed by atoms with Gasteiger partial charge in [-0.3, -0.25) is 4.79 Å². The molecule has 204 valence electrons. The fourth-order valence-corrected chi connectivity index (χ4v) is 5.33. The molecule has 0 aliphatic heterocycles. The van der Waals surface area contributed by atoms with Crippen molar-refractivity contribution in [1.29, 1.82) is 0 Å². The van der Waals surface area contributed by atoms with Gasteiger partial charge in [0.1, 0.15) is 23.0 Å². The summed E-state index contributed by atoms with van der Waals surface area (Å²) >= 11 is 0. The molecule has 1 saturated carbocycles. The lowest BCUT2D eigenvalue weighted by Gasteiger charge is -2.26. The largest absolute Gasteiger partial charge is 0.469 e. The Kier molecular flexibility index (Phi) is 7.81. The molecular formula is C29H29F3N4O3. The zero-order valence-electron chi connectivity index (χ0n) is 21.7. The molecule has 0 spiro atoms. The lowest BCUT2D eigenvalue weighted by Crippen LogP contribution is -2.18. The minimum atomic E-state index is -2.94. The summed E-state index contributed by atoms with van der Waals surface area (Å²) in [6, 6.07) is 7.95. The number of hydrogen-bond acceptors (Lipinski definition) is 6. The maximum atomic E-state index is 15.2.